The van der Waals surface area contributed by atoms with Gasteiger partial charge in [0, 0.05) is 45.3 Å². The van der Waals surface area contributed by atoms with Gasteiger partial charge >= 0.3 is 0 Å². The Morgan fingerprint density at radius 3 is 2.79 bits per heavy atom. The van der Waals surface area contributed by atoms with Gasteiger partial charge in [-0.25, -0.2) is 12.7 Å². The molecule has 0 radical (unpaired) electrons. The first kappa shape index (κ1) is 20.5. The standard InChI is InChI=1S/C18H29N7O2S/c1-3-14-28(26,27)24-12-8-15(9-13-24)21-18(19-2)20-10-7-17-23-22-16-6-4-5-11-25(16)17/h4-6,11,15H,3,7-10,12-14H2,1-2H3,(H2,19,20,21). The first-order valence-corrected chi connectivity index (χ1v) is 11.4. The van der Waals surface area contributed by atoms with Crippen molar-refractivity contribution >= 4 is 21.6 Å². The average Bonchev–Trinajstić information content (AvgIpc) is 3.11. The Bertz CT molecular complexity index is 902. The van der Waals surface area contributed by atoms with E-state index in [0.717, 1.165) is 36.7 Å². The molecule has 1 saturated heterocycles. The fraction of sp³-hybridized carbons (Fsp3) is 0.611. The fourth-order valence-electron chi connectivity index (χ4n) is 3.41. The topological polar surface area (TPSA) is 104 Å². The smallest absolute Gasteiger partial charge is 0.214 e. The van der Waals surface area contributed by atoms with Crippen molar-refractivity contribution in [1.82, 2.24) is 29.5 Å². The third-order valence-corrected chi connectivity index (χ3v) is 6.98. The number of guanidine groups is 1. The van der Waals surface area contributed by atoms with Crippen LogP contribution in [0, 0.1) is 0 Å². The number of hydrogen-bond acceptors (Lipinski definition) is 5. The SMILES string of the molecule is CCCS(=O)(=O)N1CCC(NC(=NC)NCCc2nnc3ccccn23)CC1. The van der Waals surface area contributed by atoms with Gasteiger partial charge in [0.2, 0.25) is 10.0 Å². The molecule has 0 spiro atoms. The average molecular weight is 408 g/mol. The zero-order valence-corrected chi connectivity index (χ0v) is 17.3. The van der Waals surface area contributed by atoms with E-state index in [1.165, 1.54) is 0 Å². The highest BCUT2D eigenvalue weighted by Crippen LogP contribution is 2.15. The lowest BCUT2D eigenvalue weighted by atomic mass is 10.1. The van der Waals surface area contributed by atoms with Crippen LogP contribution in [0.2, 0.25) is 0 Å². The number of aromatic nitrogens is 3. The van der Waals surface area contributed by atoms with E-state index >= 15 is 0 Å². The zero-order valence-electron chi connectivity index (χ0n) is 16.5. The van der Waals surface area contributed by atoms with Crippen LogP contribution < -0.4 is 10.6 Å². The summed E-state index contributed by atoms with van der Waals surface area (Å²) in [5.74, 6) is 1.85. The highest BCUT2D eigenvalue weighted by Gasteiger charge is 2.27. The zero-order chi connectivity index (χ0) is 20.0. The summed E-state index contributed by atoms with van der Waals surface area (Å²) < 4.78 is 27.9. The maximum absolute atomic E-state index is 12.2. The van der Waals surface area contributed by atoms with Crippen LogP contribution in [0.3, 0.4) is 0 Å². The summed E-state index contributed by atoms with van der Waals surface area (Å²) >= 11 is 0. The maximum Gasteiger partial charge on any atom is 0.214 e. The van der Waals surface area contributed by atoms with Crippen LogP contribution in [0.4, 0.5) is 0 Å². The third kappa shape index (κ3) is 4.99. The molecular weight excluding hydrogens is 378 g/mol. The molecule has 10 heteroatoms. The molecule has 154 valence electrons. The predicted molar refractivity (Wildman–Crippen MR) is 110 cm³/mol. The molecule has 1 aliphatic rings. The van der Waals surface area contributed by atoms with Gasteiger partial charge in [0.15, 0.2) is 11.6 Å². The molecule has 0 atom stereocenters. The van der Waals surface area contributed by atoms with E-state index in [-0.39, 0.29) is 11.8 Å². The Balaban J connectivity index is 1.45. The minimum atomic E-state index is -3.10. The molecule has 2 aromatic heterocycles. The summed E-state index contributed by atoms with van der Waals surface area (Å²) in [7, 11) is -1.36. The van der Waals surface area contributed by atoms with Crippen molar-refractivity contribution in [2.75, 3.05) is 32.4 Å². The second-order valence-electron chi connectivity index (χ2n) is 6.93. The Morgan fingerprint density at radius 1 is 1.29 bits per heavy atom. The Labute approximate surface area is 166 Å². The molecule has 3 heterocycles. The van der Waals surface area contributed by atoms with Gasteiger partial charge in [0.25, 0.3) is 0 Å². The van der Waals surface area contributed by atoms with E-state index in [9.17, 15) is 8.42 Å². The number of nitrogens with zero attached hydrogens (tertiary/aromatic N) is 5. The van der Waals surface area contributed by atoms with E-state index < -0.39 is 10.0 Å². The summed E-state index contributed by atoms with van der Waals surface area (Å²) in [5.41, 5.74) is 0.838. The van der Waals surface area contributed by atoms with Gasteiger partial charge in [-0.3, -0.25) is 9.39 Å². The number of aliphatic imine (C=N–C) groups is 1. The van der Waals surface area contributed by atoms with Crippen molar-refractivity contribution in [3.63, 3.8) is 0 Å². The van der Waals surface area contributed by atoms with Crippen LogP contribution >= 0.6 is 0 Å². The van der Waals surface area contributed by atoms with Gasteiger partial charge in [-0.1, -0.05) is 13.0 Å². The second-order valence-corrected chi connectivity index (χ2v) is 9.02. The van der Waals surface area contributed by atoms with Gasteiger partial charge < -0.3 is 10.6 Å². The van der Waals surface area contributed by atoms with Gasteiger partial charge in [0.1, 0.15) is 5.82 Å². The molecule has 1 fully saturated rings. The first-order valence-electron chi connectivity index (χ1n) is 9.77. The quantitative estimate of drug-likeness (QED) is 0.516. The summed E-state index contributed by atoms with van der Waals surface area (Å²) in [6, 6.07) is 6.04. The molecule has 1 aliphatic heterocycles. The van der Waals surface area contributed by atoms with E-state index in [1.807, 2.05) is 35.7 Å². The number of fused-ring (bicyclic) bond motifs is 1. The minimum absolute atomic E-state index is 0.216. The first-order chi connectivity index (χ1) is 13.5. The maximum atomic E-state index is 12.2. The van der Waals surface area contributed by atoms with Crippen molar-refractivity contribution in [3.8, 4) is 0 Å². The van der Waals surface area contributed by atoms with Gasteiger partial charge in [-0.05, 0) is 31.4 Å². The Hall–Kier alpha value is -2.20. The number of piperidine rings is 1. The molecule has 2 N–H and O–H groups in total. The third-order valence-electron chi connectivity index (χ3n) is 4.90. The number of nitrogens with one attached hydrogen (secondary N) is 2. The lowest BCUT2D eigenvalue weighted by Gasteiger charge is -2.32. The highest BCUT2D eigenvalue weighted by atomic mass is 32.2. The van der Waals surface area contributed by atoms with Crippen LogP contribution in [0.25, 0.3) is 5.65 Å². The van der Waals surface area contributed by atoms with Crippen LogP contribution in [-0.4, -0.2) is 71.8 Å². The largest absolute Gasteiger partial charge is 0.356 e. The summed E-state index contributed by atoms with van der Waals surface area (Å²) in [6.45, 7) is 3.69. The molecular formula is C18H29N7O2S. The summed E-state index contributed by atoms with van der Waals surface area (Å²) in [5, 5.41) is 15.1. The van der Waals surface area contributed by atoms with Gasteiger partial charge in [-0.2, -0.15) is 0 Å². The summed E-state index contributed by atoms with van der Waals surface area (Å²) in [6.07, 6.45) is 4.88. The molecule has 28 heavy (non-hydrogen) atoms. The van der Waals surface area contributed by atoms with Crippen LogP contribution in [0.15, 0.2) is 29.4 Å². The van der Waals surface area contributed by atoms with Crippen molar-refractivity contribution < 1.29 is 8.42 Å². The molecule has 0 saturated carbocycles. The predicted octanol–water partition coefficient (Wildman–Crippen LogP) is 0.641. The van der Waals surface area contributed by atoms with Crippen molar-refractivity contribution in [2.24, 2.45) is 4.99 Å². The second kappa shape index (κ2) is 9.33. The van der Waals surface area contributed by atoms with E-state index in [0.29, 0.717) is 26.1 Å². The molecule has 0 unspecified atom stereocenters. The molecule has 2 aromatic rings. The van der Waals surface area contributed by atoms with E-state index in [2.05, 4.69) is 25.8 Å². The van der Waals surface area contributed by atoms with Crippen LogP contribution in [0.1, 0.15) is 32.0 Å². The van der Waals surface area contributed by atoms with Crippen LogP contribution in [0.5, 0.6) is 0 Å². The number of sulfonamides is 1. The molecule has 9 nitrogen and oxygen atoms in total. The van der Waals surface area contributed by atoms with Gasteiger partial charge in [-0.15, -0.1) is 10.2 Å². The molecule has 0 aromatic carbocycles. The lowest BCUT2D eigenvalue weighted by molar-refractivity contribution is 0.306. The monoisotopic (exact) mass is 407 g/mol. The molecule has 3 rings (SSSR count). The number of pyridine rings is 1. The fourth-order valence-corrected chi connectivity index (χ4v) is 4.95. The Morgan fingerprint density at radius 2 is 2.07 bits per heavy atom. The Kier molecular flexibility index (Phi) is 6.84. The molecule has 0 bridgehead atoms. The number of hydrogen-bond donors (Lipinski definition) is 2. The molecule has 0 amide bonds. The van der Waals surface area contributed by atoms with Crippen molar-refractivity contribution in [1.29, 1.82) is 0 Å². The summed E-state index contributed by atoms with van der Waals surface area (Å²) in [4.78, 5) is 4.28. The molecule has 0 aliphatic carbocycles. The van der Waals surface area contributed by atoms with Crippen molar-refractivity contribution in [3.05, 3.63) is 30.2 Å². The lowest BCUT2D eigenvalue weighted by Crippen LogP contribution is -2.50. The minimum Gasteiger partial charge on any atom is -0.356 e. The van der Waals surface area contributed by atoms with E-state index in [4.69, 9.17) is 0 Å². The van der Waals surface area contributed by atoms with Crippen LogP contribution in [-0.2, 0) is 16.4 Å². The highest BCUT2D eigenvalue weighted by molar-refractivity contribution is 7.89. The number of rotatable bonds is 7. The van der Waals surface area contributed by atoms with Gasteiger partial charge in [0.05, 0.1) is 5.75 Å². The van der Waals surface area contributed by atoms with E-state index in [1.54, 1.807) is 11.4 Å². The van der Waals surface area contributed by atoms with Crippen molar-refractivity contribution in [2.45, 2.75) is 38.6 Å². The normalized spacial score (nSPS) is 17.1.